The van der Waals surface area contributed by atoms with Crippen LogP contribution in [0.2, 0.25) is 0 Å². The fourth-order valence-corrected chi connectivity index (χ4v) is 22.7. The molecule has 15 rings (SSSR count). The maximum absolute atomic E-state index is 7.87. The molecular weight excluding hydrogens is 348 g/mol. The third-order valence-electron chi connectivity index (χ3n) is 19.0. The van der Waals surface area contributed by atoms with Crippen molar-refractivity contribution in [3.05, 3.63) is 0 Å². The van der Waals surface area contributed by atoms with Gasteiger partial charge in [0.15, 0.2) is 0 Å². The lowest BCUT2D eigenvalue weighted by molar-refractivity contribution is -0.861. The van der Waals surface area contributed by atoms with Crippen molar-refractivity contribution in [3.8, 4) is 0 Å². The molecule has 0 aromatic heterocycles. The van der Waals surface area contributed by atoms with Crippen LogP contribution < -0.4 is 0 Å². The molecule has 0 aromatic rings. The van der Waals surface area contributed by atoms with E-state index in [0.717, 1.165) is 56.2 Å². The summed E-state index contributed by atoms with van der Waals surface area (Å²) in [6.07, 6.45) is 6.57. The zero-order valence-electron chi connectivity index (χ0n) is 15.4. The van der Waals surface area contributed by atoms with Gasteiger partial charge in [-0.2, -0.15) is 0 Å². The summed E-state index contributed by atoms with van der Waals surface area (Å²) >= 11 is 7.87. The number of hydrogen-bond acceptors (Lipinski definition) is 0. The SMILES string of the molecule is ClC12C3CCC4C5CC6C7C8C9C%10C%11CC3C%111C%101C2C2C3C%10C4C56C7%10C83C921. The number of halogens is 1. The highest BCUT2D eigenvalue weighted by Crippen LogP contribution is 3.33. The van der Waals surface area contributed by atoms with Crippen molar-refractivity contribution < 1.29 is 0 Å². The van der Waals surface area contributed by atoms with Gasteiger partial charge in [0.05, 0.1) is 4.87 Å². The maximum Gasteiger partial charge on any atom is 0.0581 e. The second kappa shape index (κ2) is 2.02. The first-order valence-corrected chi connectivity index (χ1v) is 13.3. The molecule has 15 aliphatic carbocycles. The van der Waals surface area contributed by atoms with E-state index in [2.05, 4.69) is 0 Å². The molecule has 0 bridgehead atoms. The van der Waals surface area contributed by atoms with Crippen LogP contribution in [0.25, 0.3) is 0 Å². The summed E-state index contributed by atoms with van der Waals surface area (Å²) in [6.45, 7) is 0. The predicted molar refractivity (Wildman–Crippen MR) is 94.0 cm³/mol. The molecule has 0 aromatic carbocycles. The Morgan fingerprint density at radius 1 is 0.519 bits per heavy atom. The Kier molecular flexibility index (Phi) is 0.827. The Hall–Kier alpha value is 0.290. The molecule has 27 heavy (non-hydrogen) atoms. The van der Waals surface area contributed by atoms with Gasteiger partial charge in [-0.1, -0.05) is 0 Å². The molecular formula is C26H23Cl. The van der Waals surface area contributed by atoms with Crippen LogP contribution in [0.15, 0.2) is 0 Å². The lowest BCUT2D eigenvalue weighted by Crippen LogP contribution is -3.31. The first kappa shape index (κ1) is 11.1. The predicted octanol–water partition coefficient (Wildman–Crippen LogP) is 3.89. The van der Waals surface area contributed by atoms with Gasteiger partial charge >= 0.3 is 0 Å². The summed E-state index contributed by atoms with van der Waals surface area (Å²) in [4.78, 5) is 0.371. The van der Waals surface area contributed by atoms with E-state index in [9.17, 15) is 0 Å². The van der Waals surface area contributed by atoms with Gasteiger partial charge in [-0.3, -0.25) is 0 Å². The van der Waals surface area contributed by atoms with E-state index < -0.39 is 0 Å². The Balaban J connectivity index is 1.14. The number of hydrogen-bond donors (Lipinski definition) is 0. The molecule has 15 fully saturated rings. The zero-order valence-corrected chi connectivity index (χ0v) is 16.1. The highest BCUT2D eigenvalue weighted by atomic mass is 35.5. The van der Waals surface area contributed by atoms with Crippen molar-refractivity contribution in [2.45, 2.75) is 30.6 Å². The number of alkyl halides is 1. The number of fused-ring (bicyclic) bond motifs is 7. The van der Waals surface area contributed by atoms with E-state index in [1.54, 1.807) is 25.7 Å². The third kappa shape index (κ3) is 0.368. The van der Waals surface area contributed by atoms with Crippen LogP contribution in [0, 0.1) is 121 Å². The first-order valence-electron chi connectivity index (χ1n) is 13.0. The van der Waals surface area contributed by atoms with Crippen molar-refractivity contribution >= 4 is 11.6 Å². The van der Waals surface area contributed by atoms with Gasteiger partial charge < -0.3 is 0 Å². The van der Waals surface area contributed by atoms with E-state index in [4.69, 9.17) is 11.6 Å². The summed E-state index contributed by atoms with van der Waals surface area (Å²) in [5.74, 6) is 18.3. The van der Waals surface area contributed by atoms with E-state index >= 15 is 0 Å². The molecule has 0 nitrogen and oxygen atoms in total. The van der Waals surface area contributed by atoms with Gasteiger partial charge in [-0.15, -0.1) is 11.6 Å². The molecule has 134 valence electrons. The fraction of sp³-hybridized carbons (Fsp3) is 1.00. The van der Waals surface area contributed by atoms with E-state index in [1.165, 1.54) is 65.1 Å². The van der Waals surface area contributed by atoms with Gasteiger partial charge in [0.1, 0.15) is 0 Å². The smallest absolute Gasteiger partial charge is 0.0581 e. The standard InChI is InChI=1S/C26H23Cl/c27-26-6-2-1-5-7-3-9-12-15-16-13-10-4-8(6)21(10,26)25(13)19(26)18-17-14-11(5)20(7,9)22(12,14)23(15,17)24(16,18)25/h5-19H,1-4H2. The quantitative estimate of drug-likeness (QED) is 0.567. The molecule has 0 N–H and O–H groups in total. The molecule has 15 aliphatic rings. The molecule has 1 heteroatoms. The van der Waals surface area contributed by atoms with Gasteiger partial charge in [-0.05, 0) is 142 Å². The molecule has 0 amide bonds. The van der Waals surface area contributed by atoms with E-state index in [1.807, 2.05) is 0 Å². The normalized spacial score (nSPS) is 113. The van der Waals surface area contributed by atoms with Crippen LogP contribution in [0.4, 0.5) is 0 Å². The average molecular weight is 371 g/mol. The topological polar surface area (TPSA) is 0 Å². The first-order chi connectivity index (χ1) is 13.3. The van der Waals surface area contributed by atoms with Crippen LogP contribution in [-0.4, -0.2) is 4.87 Å². The highest BCUT2D eigenvalue weighted by Gasteiger charge is 3.31. The monoisotopic (exact) mass is 370 g/mol. The second-order valence-electron chi connectivity index (χ2n) is 15.5. The minimum Gasteiger partial charge on any atom is -0.118 e. The van der Waals surface area contributed by atoms with Gasteiger partial charge in [0.2, 0.25) is 0 Å². The molecule has 22 unspecified atom stereocenters. The maximum atomic E-state index is 7.87. The van der Waals surface area contributed by atoms with E-state index in [0.29, 0.717) is 4.87 Å². The van der Waals surface area contributed by atoms with Crippen molar-refractivity contribution in [2.75, 3.05) is 0 Å². The van der Waals surface area contributed by atoms with Crippen LogP contribution in [0.3, 0.4) is 0 Å². The Morgan fingerprint density at radius 2 is 1.26 bits per heavy atom. The van der Waals surface area contributed by atoms with Crippen LogP contribution in [0.5, 0.6) is 0 Å². The second-order valence-corrected chi connectivity index (χ2v) is 16.1. The van der Waals surface area contributed by atoms with Gasteiger partial charge in [0, 0.05) is 5.41 Å². The summed E-state index contributed by atoms with van der Waals surface area (Å²) in [6, 6.07) is 0. The molecule has 0 aliphatic heterocycles. The molecule has 0 heterocycles. The number of rotatable bonds is 0. The lowest BCUT2D eigenvalue weighted by atomic mass is 8.71. The Morgan fingerprint density at radius 3 is 2.19 bits per heavy atom. The minimum atomic E-state index is 0.371. The van der Waals surface area contributed by atoms with Crippen molar-refractivity contribution in [2.24, 2.45) is 121 Å². The van der Waals surface area contributed by atoms with Crippen LogP contribution >= 0.6 is 11.6 Å². The molecule has 6 spiro atoms. The van der Waals surface area contributed by atoms with Crippen molar-refractivity contribution in [1.82, 2.24) is 0 Å². The van der Waals surface area contributed by atoms with Crippen LogP contribution in [-0.2, 0) is 0 Å². The Labute approximate surface area is 163 Å². The zero-order chi connectivity index (χ0) is 16.0. The summed E-state index contributed by atoms with van der Waals surface area (Å²) in [5, 5.41) is 0. The summed E-state index contributed by atoms with van der Waals surface area (Å²) in [5.41, 5.74) is 5.78. The van der Waals surface area contributed by atoms with Crippen molar-refractivity contribution in [1.29, 1.82) is 0 Å². The lowest BCUT2D eigenvalue weighted by Gasteiger charge is -3.32. The molecule has 15 saturated carbocycles. The Bertz CT molecular complexity index is 1190. The van der Waals surface area contributed by atoms with Crippen molar-refractivity contribution in [3.63, 3.8) is 0 Å². The minimum absolute atomic E-state index is 0.371. The third-order valence-corrected chi connectivity index (χ3v) is 19.9. The van der Waals surface area contributed by atoms with Crippen LogP contribution in [0.1, 0.15) is 25.7 Å². The molecule has 0 radical (unpaired) electrons. The largest absolute Gasteiger partial charge is 0.118 e. The summed E-state index contributed by atoms with van der Waals surface area (Å²) < 4.78 is 0. The molecule has 22 atom stereocenters. The fourth-order valence-electron chi connectivity index (χ4n) is 21.7. The van der Waals surface area contributed by atoms with Gasteiger partial charge in [-0.25, -0.2) is 0 Å². The highest BCUT2D eigenvalue weighted by molar-refractivity contribution is 6.28. The average Bonchev–Trinajstić information content (AvgIpc) is 2.56. The molecule has 0 saturated heterocycles. The van der Waals surface area contributed by atoms with Gasteiger partial charge in [0.25, 0.3) is 0 Å². The summed E-state index contributed by atoms with van der Waals surface area (Å²) in [7, 11) is 0. The van der Waals surface area contributed by atoms with E-state index in [-0.39, 0.29) is 0 Å².